The summed E-state index contributed by atoms with van der Waals surface area (Å²) in [5.74, 6) is 0. The first kappa shape index (κ1) is 15.1. The highest BCUT2D eigenvalue weighted by Gasteiger charge is 2.25. The van der Waals surface area contributed by atoms with Gasteiger partial charge in [0.1, 0.15) is 0 Å². The first-order valence-electron chi connectivity index (χ1n) is 7.31. The molecule has 1 N–H and O–H groups in total. The van der Waals surface area contributed by atoms with E-state index in [4.69, 9.17) is 4.74 Å². The van der Waals surface area contributed by atoms with Crippen molar-refractivity contribution < 1.29 is 4.74 Å². The van der Waals surface area contributed by atoms with E-state index in [1.165, 1.54) is 27.3 Å². The van der Waals surface area contributed by atoms with Crippen LogP contribution in [0, 0.1) is 0 Å². The van der Waals surface area contributed by atoms with Gasteiger partial charge in [0.15, 0.2) is 0 Å². The largest absolute Gasteiger partial charge is 0.380 e. The zero-order valence-electron chi connectivity index (χ0n) is 12.5. The molecule has 1 unspecified atom stereocenters. The second-order valence-electron chi connectivity index (χ2n) is 5.46. The van der Waals surface area contributed by atoms with Gasteiger partial charge in [0.2, 0.25) is 0 Å². The van der Waals surface area contributed by atoms with Crippen molar-refractivity contribution in [3.8, 4) is 0 Å². The Balaban J connectivity index is 1.71. The van der Waals surface area contributed by atoms with Crippen LogP contribution < -0.4 is 5.32 Å². The number of ether oxygens (including phenoxy) is 1. The molecular formula is C17H21NOS2. The molecule has 21 heavy (non-hydrogen) atoms. The lowest BCUT2D eigenvalue weighted by atomic mass is 10.0. The molecule has 1 aromatic heterocycles. The average molecular weight is 319 g/mol. The van der Waals surface area contributed by atoms with Crippen molar-refractivity contribution in [2.45, 2.75) is 42.0 Å². The normalized spacial score (nSPS) is 21.2. The summed E-state index contributed by atoms with van der Waals surface area (Å²) in [7, 11) is 1.75. The molecule has 2 aromatic rings. The lowest BCUT2D eigenvalue weighted by molar-refractivity contribution is 0.184. The third-order valence-corrected chi connectivity index (χ3v) is 6.21. The van der Waals surface area contributed by atoms with Crippen LogP contribution in [0.2, 0.25) is 0 Å². The van der Waals surface area contributed by atoms with E-state index in [2.05, 4.69) is 48.0 Å². The van der Waals surface area contributed by atoms with Gasteiger partial charge in [-0.1, -0.05) is 31.2 Å². The summed E-state index contributed by atoms with van der Waals surface area (Å²) in [6.45, 7) is 3.90. The van der Waals surface area contributed by atoms with Gasteiger partial charge < -0.3 is 10.1 Å². The number of fused-ring (bicyclic) bond motifs is 1. The Kier molecular flexibility index (Phi) is 5.01. The number of hydrogen-bond donors (Lipinski definition) is 1. The molecule has 2 heterocycles. The SMILES string of the molecule is COCc1ccccc1CNC1C[C@H](C)Sc2sccc21. The fourth-order valence-electron chi connectivity index (χ4n) is 2.80. The summed E-state index contributed by atoms with van der Waals surface area (Å²) in [5, 5.41) is 6.64. The van der Waals surface area contributed by atoms with Gasteiger partial charge in [-0.3, -0.25) is 0 Å². The molecule has 0 aliphatic carbocycles. The van der Waals surface area contributed by atoms with E-state index in [-0.39, 0.29) is 0 Å². The van der Waals surface area contributed by atoms with Crippen molar-refractivity contribution in [2.24, 2.45) is 0 Å². The van der Waals surface area contributed by atoms with Gasteiger partial charge in [0.05, 0.1) is 10.8 Å². The predicted molar refractivity (Wildman–Crippen MR) is 91.0 cm³/mol. The molecule has 3 rings (SSSR count). The van der Waals surface area contributed by atoms with Gasteiger partial charge >= 0.3 is 0 Å². The van der Waals surface area contributed by atoms with Crippen LogP contribution in [0.15, 0.2) is 39.9 Å². The molecule has 0 radical (unpaired) electrons. The summed E-state index contributed by atoms with van der Waals surface area (Å²) in [5.41, 5.74) is 4.09. The summed E-state index contributed by atoms with van der Waals surface area (Å²) < 4.78 is 6.77. The van der Waals surface area contributed by atoms with Crippen molar-refractivity contribution in [1.29, 1.82) is 0 Å². The van der Waals surface area contributed by atoms with Crippen molar-refractivity contribution in [1.82, 2.24) is 5.32 Å². The molecule has 4 heteroatoms. The minimum absolute atomic E-state index is 0.470. The first-order chi connectivity index (χ1) is 10.3. The average Bonchev–Trinajstić information content (AvgIpc) is 2.94. The van der Waals surface area contributed by atoms with Crippen LogP contribution in [-0.4, -0.2) is 12.4 Å². The molecule has 0 saturated carbocycles. The maximum Gasteiger partial charge on any atom is 0.0716 e. The molecule has 0 fully saturated rings. The number of benzene rings is 1. The van der Waals surface area contributed by atoms with Crippen molar-refractivity contribution >= 4 is 23.1 Å². The molecule has 1 aliphatic rings. The van der Waals surface area contributed by atoms with E-state index < -0.39 is 0 Å². The summed E-state index contributed by atoms with van der Waals surface area (Å²) in [4.78, 5) is 0. The topological polar surface area (TPSA) is 21.3 Å². The van der Waals surface area contributed by atoms with E-state index in [0.717, 1.165) is 6.54 Å². The predicted octanol–water partition coefficient (Wildman–Crippen LogP) is 4.61. The molecule has 0 spiro atoms. The zero-order valence-corrected chi connectivity index (χ0v) is 14.1. The molecule has 0 amide bonds. The Bertz CT molecular complexity index is 596. The van der Waals surface area contributed by atoms with E-state index in [9.17, 15) is 0 Å². The zero-order chi connectivity index (χ0) is 14.7. The Morgan fingerprint density at radius 1 is 1.24 bits per heavy atom. The number of thiophene rings is 1. The van der Waals surface area contributed by atoms with Gasteiger partial charge in [-0.05, 0) is 34.6 Å². The molecule has 0 bridgehead atoms. The van der Waals surface area contributed by atoms with Crippen LogP contribution in [0.5, 0.6) is 0 Å². The summed E-state index contributed by atoms with van der Waals surface area (Å²) in [6.07, 6.45) is 1.20. The molecule has 2 nitrogen and oxygen atoms in total. The van der Waals surface area contributed by atoms with Crippen LogP contribution in [0.25, 0.3) is 0 Å². The van der Waals surface area contributed by atoms with Crippen LogP contribution in [-0.2, 0) is 17.9 Å². The second-order valence-corrected chi connectivity index (χ2v) is 8.09. The Morgan fingerprint density at radius 2 is 2.05 bits per heavy atom. The number of rotatable bonds is 5. The summed E-state index contributed by atoms with van der Waals surface area (Å²) in [6, 6.07) is 11.3. The summed E-state index contributed by atoms with van der Waals surface area (Å²) >= 11 is 3.88. The van der Waals surface area contributed by atoms with Gasteiger partial charge in [-0.25, -0.2) is 0 Å². The fourth-order valence-corrected chi connectivity index (χ4v) is 5.37. The van der Waals surface area contributed by atoms with Gasteiger partial charge in [-0.15, -0.1) is 23.1 Å². The molecule has 2 atom stereocenters. The van der Waals surface area contributed by atoms with Gasteiger partial charge in [0.25, 0.3) is 0 Å². The highest BCUT2D eigenvalue weighted by atomic mass is 32.2. The maximum absolute atomic E-state index is 5.29. The lowest BCUT2D eigenvalue weighted by Gasteiger charge is -2.28. The molecule has 1 aromatic carbocycles. The van der Waals surface area contributed by atoms with E-state index in [0.29, 0.717) is 17.9 Å². The molecular weight excluding hydrogens is 298 g/mol. The van der Waals surface area contributed by atoms with E-state index in [1.54, 1.807) is 7.11 Å². The fraction of sp³-hybridized carbons (Fsp3) is 0.412. The van der Waals surface area contributed by atoms with Crippen LogP contribution in [0.4, 0.5) is 0 Å². The molecule has 112 valence electrons. The number of hydrogen-bond acceptors (Lipinski definition) is 4. The monoisotopic (exact) mass is 319 g/mol. The molecule has 1 aliphatic heterocycles. The minimum atomic E-state index is 0.470. The number of methoxy groups -OCH3 is 1. The second kappa shape index (κ2) is 6.97. The third-order valence-electron chi connectivity index (χ3n) is 3.87. The van der Waals surface area contributed by atoms with E-state index >= 15 is 0 Å². The van der Waals surface area contributed by atoms with Crippen molar-refractivity contribution in [3.05, 3.63) is 52.4 Å². The Morgan fingerprint density at radius 3 is 2.86 bits per heavy atom. The number of nitrogens with one attached hydrogen (secondary N) is 1. The minimum Gasteiger partial charge on any atom is -0.380 e. The lowest BCUT2D eigenvalue weighted by Crippen LogP contribution is -2.26. The van der Waals surface area contributed by atoms with Crippen molar-refractivity contribution in [3.63, 3.8) is 0 Å². The third kappa shape index (κ3) is 3.51. The van der Waals surface area contributed by atoms with Crippen LogP contribution in [0.1, 0.15) is 36.1 Å². The van der Waals surface area contributed by atoms with Gasteiger partial charge in [0, 0.05) is 24.9 Å². The maximum atomic E-state index is 5.29. The highest BCUT2D eigenvalue weighted by molar-refractivity contribution is 8.01. The highest BCUT2D eigenvalue weighted by Crippen LogP contribution is 2.43. The standard InChI is InChI=1S/C17H21NOS2/c1-12-9-16(15-7-8-20-17(15)21-12)18-10-13-5-3-4-6-14(13)11-19-2/h3-8,12,16,18H,9-11H2,1-2H3/t12-,16?/m0/s1. The van der Waals surface area contributed by atoms with Gasteiger partial charge in [-0.2, -0.15) is 0 Å². The Labute approximate surface area is 134 Å². The van der Waals surface area contributed by atoms with Crippen molar-refractivity contribution in [2.75, 3.05) is 7.11 Å². The quantitative estimate of drug-likeness (QED) is 0.869. The van der Waals surface area contributed by atoms with Crippen LogP contribution >= 0.6 is 23.1 Å². The van der Waals surface area contributed by atoms with E-state index in [1.807, 2.05) is 23.1 Å². The van der Waals surface area contributed by atoms with Crippen LogP contribution in [0.3, 0.4) is 0 Å². The number of thioether (sulfide) groups is 1. The molecule has 0 saturated heterocycles. The first-order valence-corrected chi connectivity index (χ1v) is 9.07. The smallest absolute Gasteiger partial charge is 0.0716 e. The Hall–Kier alpha value is -0.810.